The molecule has 2 aliphatic heterocycles. The standard InChI is InChI=1S/C33H46N2O5/c1-33(2,3)40-32(37)35-27-18-11-19-28(35)31(36)34(23-27)26(16-9-14-24-12-7-6-8-13-24)17-10-15-25-20-21-29(38-4)30(22-25)39-5/h6-8,12-13,20-22,26-28H,9-11,14-19,23H2,1-5H3. The fourth-order valence-corrected chi connectivity index (χ4v) is 6.15. The number of aryl methyl sites for hydroxylation is 2. The van der Waals surface area contributed by atoms with Crippen molar-refractivity contribution in [2.75, 3.05) is 20.8 Å². The molecule has 4 rings (SSSR count). The third-order valence-corrected chi connectivity index (χ3v) is 8.06. The van der Waals surface area contributed by atoms with Crippen LogP contribution in [0, 0.1) is 0 Å². The maximum atomic E-state index is 13.9. The van der Waals surface area contributed by atoms with Crippen LogP contribution in [0.3, 0.4) is 0 Å². The van der Waals surface area contributed by atoms with Crippen molar-refractivity contribution in [3.8, 4) is 11.5 Å². The normalized spacial score (nSPS) is 19.8. The molecule has 7 heteroatoms. The molecule has 0 aromatic heterocycles. The number of methoxy groups -OCH3 is 2. The van der Waals surface area contributed by atoms with Gasteiger partial charge in [0.15, 0.2) is 11.5 Å². The number of likely N-dealkylation sites (tertiary alicyclic amines) is 1. The molecule has 40 heavy (non-hydrogen) atoms. The highest BCUT2D eigenvalue weighted by Crippen LogP contribution is 2.34. The van der Waals surface area contributed by atoms with Crippen molar-refractivity contribution in [3.63, 3.8) is 0 Å². The van der Waals surface area contributed by atoms with Crippen molar-refractivity contribution in [2.24, 2.45) is 0 Å². The molecule has 2 fully saturated rings. The van der Waals surface area contributed by atoms with Crippen LogP contribution in [0.5, 0.6) is 11.5 Å². The Kier molecular flexibility index (Phi) is 9.99. The van der Waals surface area contributed by atoms with Crippen molar-refractivity contribution in [1.29, 1.82) is 0 Å². The molecule has 0 radical (unpaired) electrons. The Morgan fingerprint density at radius 2 is 1.60 bits per heavy atom. The number of carbonyl (C=O) groups excluding carboxylic acids is 2. The van der Waals surface area contributed by atoms with Gasteiger partial charge in [0.2, 0.25) is 5.91 Å². The first-order chi connectivity index (χ1) is 19.2. The van der Waals surface area contributed by atoms with E-state index in [4.69, 9.17) is 14.2 Å². The summed E-state index contributed by atoms with van der Waals surface area (Å²) in [5, 5.41) is 0. The van der Waals surface area contributed by atoms with E-state index in [-0.39, 0.29) is 24.1 Å². The van der Waals surface area contributed by atoms with Gasteiger partial charge < -0.3 is 19.1 Å². The number of fused-ring (bicyclic) bond motifs is 2. The van der Waals surface area contributed by atoms with E-state index >= 15 is 0 Å². The van der Waals surface area contributed by atoms with Crippen LogP contribution in [0.2, 0.25) is 0 Å². The van der Waals surface area contributed by atoms with Crippen LogP contribution in [-0.4, -0.2) is 66.3 Å². The third kappa shape index (κ3) is 7.49. The van der Waals surface area contributed by atoms with Crippen LogP contribution < -0.4 is 9.47 Å². The molecule has 0 aliphatic carbocycles. The second-order valence-electron chi connectivity index (χ2n) is 12.1. The number of nitrogens with zero attached hydrogens (tertiary/aromatic N) is 2. The highest BCUT2D eigenvalue weighted by atomic mass is 16.6. The molecule has 2 bridgehead atoms. The predicted octanol–water partition coefficient (Wildman–Crippen LogP) is 6.42. The smallest absolute Gasteiger partial charge is 0.411 e. The maximum absolute atomic E-state index is 13.9. The molecule has 0 N–H and O–H groups in total. The number of ether oxygens (including phenoxy) is 3. The highest BCUT2D eigenvalue weighted by Gasteiger charge is 2.48. The van der Waals surface area contributed by atoms with Gasteiger partial charge in [0.05, 0.1) is 20.3 Å². The lowest BCUT2D eigenvalue weighted by Crippen LogP contribution is -2.67. The quantitative estimate of drug-likeness (QED) is 0.323. The van der Waals surface area contributed by atoms with Gasteiger partial charge in [-0.05, 0) is 102 Å². The van der Waals surface area contributed by atoms with Gasteiger partial charge in [0.25, 0.3) is 0 Å². The molecule has 3 unspecified atom stereocenters. The van der Waals surface area contributed by atoms with E-state index in [0.717, 1.165) is 62.9 Å². The minimum Gasteiger partial charge on any atom is -0.493 e. The zero-order valence-corrected chi connectivity index (χ0v) is 24.9. The second-order valence-corrected chi connectivity index (χ2v) is 12.1. The lowest BCUT2D eigenvalue weighted by molar-refractivity contribution is -0.151. The van der Waals surface area contributed by atoms with E-state index in [9.17, 15) is 9.59 Å². The summed E-state index contributed by atoms with van der Waals surface area (Å²) >= 11 is 0. The highest BCUT2D eigenvalue weighted by molar-refractivity contribution is 5.88. The SMILES string of the molecule is COc1ccc(CCCC(CCCc2ccccc2)N2CC3CCCC(C2=O)N3C(=O)OC(C)(C)C)cc1OC. The first-order valence-corrected chi connectivity index (χ1v) is 14.8. The summed E-state index contributed by atoms with van der Waals surface area (Å²) in [4.78, 5) is 30.9. The number of hydrogen-bond acceptors (Lipinski definition) is 5. The van der Waals surface area contributed by atoms with Crippen molar-refractivity contribution in [1.82, 2.24) is 9.80 Å². The molecule has 2 amide bonds. The molecule has 2 aromatic carbocycles. The zero-order chi connectivity index (χ0) is 28.7. The number of hydrogen-bond donors (Lipinski definition) is 0. The maximum Gasteiger partial charge on any atom is 0.411 e. The summed E-state index contributed by atoms with van der Waals surface area (Å²) < 4.78 is 16.6. The number of carbonyl (C=O) groups is 2. The predicted molar refractivity (Wildman–Crippen MR) is 157 cm³/mol. The lowest BCUT2D eigenvalue weighted by atomic mass is 9.88. The van der Waals surface area contributed by atoms with Gasteiger partial charge in [-0.2, -0.15) is 0 Å². The van der Waals surface area contributed by atoms with Crippen LogP contribution in [0.4, 0.5) is 4.79 Å². The van der Waals surface area contributed by atoms with Gasteiger partial charge in [-0.1, -0.05) is 36.4 Å². The van der Waals surface area contributed by atoms with E-state index in [2.05, 4.69) is 35.2 Å². The molecule has 0 spiro atoms. The molecule has 2 aromatic rings. The van der Waals surface area contributed by atoms with Gasteiger partial charge in [-0.3, -0.25) is 9.69 Å². The number of benzene rings is 2. The number of piperazine rings is 1. The van der Waals surface area contributed by atoms with Crippen LogP contribution in [0.15, 0.2) is 48.5 Å². The molecule has 0 saturated carbocycles. The zero-order valence-electron chi connectivity index (χ0n) is 24.9. The Morgan fingerprint density at radius 3 is 2.25 bits per heavy atom. The van der Waals surface area contributed by atoms with Crippen molar-refractivity contribution >= 4 is 12.0 Å². The Morgan fingerprint density at radius 1 is 0.925 bits per heavy atom. The first kappa shape index (κ1) is 29.8. The molecule has 218 valence electrons. The average molecular weight is 551 g/mol. The van der Waals surface area contributed by atoms with Crippen LogP contribution >= 0.6 is 0 Å². The monoisotopic (exact) mass is 550 g/mol. The number of piperidine rings is 1. The Bertz CT molecular complexity index is 1130. The molecule has 2 aliphatic rings. The van der Waals surface area contributed by atoms with E-state index in [0.29, 0.717) is 13.0 Å². The minimum absolute atomic E-state index is 0.00812. The Balaban J connectivity index is 1.46. The molecular formula is C33H46N2O5. The number of amides is 2. The van der Waals surface area contributed by atoms with E-state index in [1.165, 1.54) is 11.1 Å². The molecule has 2 heterocycles. The molecule has 7 nitrogen and oxygen atoms in total. The topological polar surface area (TPSA) is 68.3 Å². The van der Waals surface area contributed by atoms with Crippen LogP contribution in [0.1, 0.15) is 76.8 Å². The van der Waals surface area contributed by atoms with Crippen LogP contribution in [0.25, 0.3) is 0 Å². The summed E-state index contributed by atoms with van der Waals surface area (Å²) in [6.45, 7) is 6.21. The third-order valence-electron chi connectivity index (χ3n) is 8.06. The van der Waals surface area contributed by atoms with Gasteiger partial charge >= 0.3 is 6.09 Å². The number of rotatable bonds is 11. The first-order valence-electron chi connectivity index (χ1n) is 14.8. The molecular weight excluding hydrogens is 504 g/mol. The van der Waals surface area contributed by atoms with Gasteiger partial charge in [0.1, 0.15) is 11.6 Å². The van der Waals surface area contributed by atoms with Crippen molar-refractivity contribution < 1.29 is 23.8 Å². The summed E-state index contributed by atoms with van der Waals surface area (Å²) in [6.07, 6.45) is 7.94. The summed E-state index contributed by atoms with van der Waals surface area (Å²) in [7, 11) is 3.30. The second kappa shape index (κ2) is 13.4. The summed E-state index contributed by atoms with van der Waals surface area (Å²) in [5.41, 5.74) is 1.93. The van der Waals surface area contributed by atoms with Gasteiger partial charge in [-0.15, -0.1) is 0 Å². The van der Waals surface area contributed by atoms with Crippen molar-refractivity contribution in [2.45, 2.75) is 102 Å². The molecule has 3 atom stereocenters. The molecule has 2 saturated heterocycles. The summed E-state index contributed by atoms with van der Waals surface area (Å²) in [6, 6.07) is 16.3. The lowest BCUT2D eigenvalue weighted by Gasteiger charge is -2.51. The van der Waals surface area contributed by atoms with E-state index in [1.807, 2.05) is 39.0 Å². The Labute approximate surface area is 239 Å². The van der Waals surface area contributed by atoms with Crippen LogP contribution in [-0.2, 0) is 22.4 Å². The minimum atomic E-state index is -0.588. The van der Waals surface area contributed by atoms with E-state index in [1.54, 1.807) is 19.1 Å². The fraction of sp³-hybridized carbons (Fsp3) is 0.576. The van der Waals surface area contributed by atoms with E-state index < -0.39 is 11.6 Å². The average Bonchev–Trinajstić information content (AvgIpc) is 2.93. The fourth-order valence-electron chi connectivity index (χ4n) is 6.15. The van der Waals surface area contributed by atoms with Crippen molar-refractivity contribution in [3.05, 3.63) is 59.7 Å². The van der Waals surface area contributed by atoms with Gasteiger partial charge in [-0.25, -0.2) is 4.79 Å². The largest absolute Gasteiger partial charge is 0.493 e. The van der Waals surface area contributed by atoms with Gasteiger partial charge in [0, 0.05) is 12.6 Å². The Hall–Kier alpha value is -3.22. The summed E-state index contributed by atoms with van der Waals surface area (Å²) in [5.74, 6) is 1.54.